The number of likely N-dealkylation sites (tertiary alicyclic amines) is 1. The van der Waals surface area contributed by atoms with Crippen LogP contribution in [0.3, 0.4) is 0 Å². The molecule has 3 rings (SSSR count). The molecule has 0 unspecified atom stereocenters. The lowest BCUT2D eigenvalue weighted by Gasteiger charge is -2.30. The largest absolute Gasteiger partial charge is 0.361 e. The Hall–Kier alpha value is -1.35. The summed E-state index contributed by atoms with van der Waals surface area (Å²) in [6.07, 6.45) is 7.90. The van der Waals surface area contributed by atoms with Crippen molar-refractivity contribution in [2.24, 2.45) is 10.9 Å². The first-order valence-electron chi connectivity index (χ1n) is 10.6. The fourth-order valence-electron chi connectivity index (χ4n) is 3.85. The number of hydrogen-bond acceptors (Lipinski definition) is 2. The minimum atomic E-state index is -0.210. The number of benzene rings is 1. The lowest BCUT2D eigenvalue weighted by Crippen LogP contribution is -2.39. The van der Waals surface area contributed by atoms with Crippen molar-refractivity contribution in [1.29, 1.82) is 0 Å². The van der Waals surface area contributed by atoms with Gasteiger partial charge in [0.25, 0.3) is 0 Å². The van der Waals surface area contributed by atoms with E-state index < -0.39 is 0 Å². The number of unbranched alkanes of at least 4 members (excludes halogenated alkanes) is 1. The van der Waals surface area contributed by atoms with E-state index in [2.05, 4.69) is 32.4 Å². The second-order valence-electron chi connectivity index (χ2n) is 7.91. The number of aliphatic imine (C=N–C) groups is 1. The number of H-pyrrole nitrogens is 1. The van der Waals surface area contributed by atoms with Gasteiger partial charge in [0.15, 0.2) is 5.96 Å². The fraction of sp³-hybridized carbons (Fsp3) is 0.591. The van der Waals surface area contributed by atoms with Crippen LogP contribution in [0.25, 0.3) is 10.9 Å². The summed E-state index contributed by atoms with van der Waals surface area (Å²) in [5.74, 6) is 1.54. The molecular weight excluding hydrogens is 480 g/mol. The van der Waals surface area contributed by atoms with Crippen LogP contribution in [0.5, 0.6) is 0 Å². The number of aromatic nitrogens is 1. The van der Waals surface area contributed by atoms with Gasteiger partial charge in [0.05, 0.1) is 0 Å². The zero-order valence-electron chi connectivity index (χ0n) is 17.6. The zero-order valence-corrected chi connectivity index (χ0v) is 20.0. The van der Waals surface area contributed by atoms with Gasteiger partial charge in [-0.2, -0.15) is 0 Å². The molecule has 0 radical (unpaired) electrons. The predicted molar refractivity (Wildman–Crippen MR) is 131 cm³/mol. The maximum absolute atomic E-state index is 13.3. The van der Waals surface area contributed by atoms with Crippen molar-refractivity contribution in [2.75, 3.05) is 39.8 Å². The molecule has 29 heavy (non-hydrogen) atoms. The molecule has 0 bridgehead atoms. The summed E-state index contributed by atoms with van der Waals surface area (Å²) >= 11 is 0. The predicted octanol–water partition coefficient (Wildman–Crippen LogP) is 4.14. The maximum atomic E-state index is 13.3. The molecule has 0 aliphatic carbocycles. The van der Waals surface area contributed by atoms with Gasteiger partial charge in [-0.15, -0.1) is 24.0 Å². The number of halogens is 2. The molecule has 0 atom stereocenters. The van der Waals surface area contributed by atoms with Crippen LogP contribution in [0.4, 0.5) is 4.39 Å². The van der Waals surface area contributed by atoms with Crippen LogP contribution in [0, 0.1) is 11.7 Å². The molecule has 162 valence electrons. The first kappa shape index (κ1) is 23.9. The Balaban J connectivity index is 0.00000300. The molecule has 0 saturated carbocycles. The van der Waals surface area contributed by atoms with Crippen molar-refractivity contribution >= 4 is 40.8 Å². The van der Waals surface area contributed by atoms with Gasteiger partial charge in [0.1, 0.15) is 5.82 Å². The van der Waals surface area contributed by atoms with E-state index >= 15 is 0 Å². The molecular formula is C22H35FIN5. The molecule has 0 amide bonds. The molecule has 1 aromatic carbocycles. The highest BCUT2D eigenvalue weighted by molar-refractivity contribution is 14.0. The van der Waals surface area contributed by atoms with Gasteiger partial charge in [-0.3, -0.25) is 4.99 Å². The smallest absolute Gasteiger partial charge is 0.190 e. The van der Waals surface area contributed by atoms with Gasteiger partial charge in [0.2, 0.25) is 0 Å². The molecule has 1 aliphatic heterocycles. The van der Waals surface area contributed by atoms with Crippen LogP contribution in [0.2, 0.25) is 0 Å². The first-order valence-corrected chi connectivity index (χ1v) is 10.6. The molecule has 5 nitrogen and oxygen atoms in total. The Morgan fingerprint density at radius 1 is 1.21 bits per heavy atom. The third-order valence-electron chi connectivity index (χ3n) is 5.71. The summed E-state index contributed by atoms with van der Waals surface area (Å²) in [6, 6.07) is 4.89. The van der Waals surface area contributed by atoms with Crippen molar-refractivity contribution < 1.29 is 4.39 Å². The summed E-state index contributed by atoms with van der Waals surface area (Å²) in [6.45, 7) is 7.82. The van der Waals surface area contributed by atoms with Crippen molar-refractivity contribution in [3.8, 4) is 0 Å². The fourth-order valence-corrected chi connectivity index (χ4v) is 3.85. The quantitative estimate of drug-likeness (QED) is 0.214. The molecule has 1 saturated heterocycles. The lowest BCUT2D eigenvalue weighted by molar-refractivity contribution is 0.189. The number of fused-ring (bicyclic) bond motifs is 1. The average molecular weight is 515 g/mol. The van der Waals surface area contributed by atoms with E-state index in [1.165, 1.54) is 56.6 Å². The highest BCUT2D eigenvalue weighted by Gasteiger charge is 2.14. The number of nitrogens with zero attached hydrogens (tertiary/aromatic N) is 2. The molecule has 1 aliphatic rings. The van der Waals surface area contributed by atoms with Gasteiger partial charge < -0.3 is 20.5 Å². The lowest BCUT2D eigenvalue weighted by atomic mass is 9.99. The topological polar surface area (TPSA) is 55.5 Å². The normalized spacial score (nSPS) is 16.0. The summed E-state index contributed by atoms with van der Waals surface area (Å²) in [4.78, 5) is 10.0. The summed E-state index contributed by atoms with van der Waals surface area (Å²) in [5.41, 5.74) is 2.04. The Morgan fingerprint density at radius 2 is 1.97 bits per heavy atom. The van der Waals surface area contributed by atoms with Crippen LogP contribution in [0.1, 0.15) is 38.2 Å². The van der Waals surface area contributed by atoms with Crippen LogP contribution in [-0.4, -0.2) is 55.6 Å². The Morgan fingerprint density at radius 3 is 2.72 bits per heavy atom. The molecule has 1 fully saturated rings. The van der Waals surface area contributed by atoms with Gasteiger partial charge in [-0.1, -0.05) is 6.92 Å². The monoisotopic (exact) mass is 515 g/mol. The van der Waals surface area contributed by atoms with Crippen LogP contribution < -0.4 is 10.6 Å². The van der Waals surface area contributed by atoms with Gasteiger partial charge in [-0.25, -0.2) is 4.39 Å². The van der Waals surface area contributed by atoms with Crippen molar-refractivity contribution in [1.82, 2.24) is 20.5 Å². The Bertz CT molecular complexity index is 768. The van der Waals surface area contributed by atoms with Crippen LogP contribution in [-0.2, 0) is 6.42 Å². The standard InChI is InChI=1S/C22H34FN5.HI/c1-17-8-13-28(14-9-17)12-4-3-10-25-22(24-2)26-11-7-18-16-27-21-15-19(23)5-6-20(18)21;/h5-6,15-17,27H,3-4,7-14H2,1-2H3,(H2,24,25,26);1H. The Kier molecular flexibility index (Phi) is 10.2. The number of guanidine groups is 1. The summed E-state index contributed by atoms with van der Waals surface area (Å²) in [5, 5.41) is 7.85. The van der Waals surface area contributed by atoms with E-state index in [1.807, 2.05) is 12.3 Å². The number of nitrogens with one attached hydrogen (secondary N) is 3. The minimum absolute atomic E-state index is 0. The molecule has 2 heterocycles. The first-order chi connectivity index (χ1) is 13.7. The van der Waals surface area contributed by atoms with Crippen molar-refractivity contribution in [2.45, 2.75) is 39.0 Å². The number of piperidine rings is 1. The van der Waals surface area contributed by atoms with E-state index in [9.17, 15) is 4.39 Å². The van der Waals surface area contributed by atoms with Crippen LogP contribution in [0.15, 0.2) is 29.4 Å². The van der Waals surface area contributed by atoms with Gasteiger partial charge in [0, 0.05) is 37.2 Å². The van der Waals surface area contributed by atoms with E-state index in [1.54, 1.807) is 7.05 Å². The van der Waals surface area contributed by atoms with Crippen LogP contribution >= 0.6 is 24.0 Å². The molecule has 2 aromatic rings. The third-order valence-corrected chi connectivity index (χ3v) is 5.71. The molecule has 3 N–H and O–H groups in total. The van der Waals surface area contributed by atoms with E-state index in [0.29, 0.717) is 0 Å². The highest BCUT2D eigenvalue weighted by Crippen LogP contribution is 2.19. The Labute approximate surface area is 190 Å². The highest BCUT2D eigenvalue weighted by atomic mass is 127. The van der Waals surface area contributed by atoms with Crippen molar-refractivity contribution in [3.63, 3.8) is 0 Å². The molecule has 7 heteroatoms. The summed E-state index contributed by atoms with van der Waals surface area (Å²) in [7, 11) is 1.80. The summed E-state index contributed by atoms with van der Waals surface area (Å²) < 4.78 is 13.3. The second-order valence-corrected chi connectivity index (χ2v) is 7.91. The van der Waals surface area contributed by atoms with E-state index in [0.717, 1.165) is 48.7 Å². The molecule has 1 aromatic heterocycles. The van der Waals surface area contributed by atoms with Crippen molar-refractivity contribution in [3.05, 3.63) is 35.8 Å². The van der Waals surface area contributed by atoms with E-state index in [-0.39, 0.29) is 29.8 Å². The zero-order chi connectivity index (χ0) is 19.8. The molecule has 0 spiro atoms. The number of rotatable bonds is 8. The SMILES string of the molecule is CN=C(NCCCCN1CCC(C)CC1)NCCc1c[nH]c2cc(F)ccc12.I. The van der Waals surface area contributed by atoms with Gasteiger partial charge in [-0.05, 0) is 81.4 Å². The second kappa shape index (κ2) is 12.4. The minimum Gasteiger partial charge on any atom is -0.361 e. The maximum Gasteiger partial charge on any atom is 0.190 e. The average Bonchev–Trinajstić information content (AvgIpc) is 3.09. The third kappa shape index (κ3) is 7.44. The number of aromatic amines is 1. The number of hydrogen-bond donors (Lipinski definition) is 3. The van der Waals surface area contributed by atoms with E-state index in [4.69, 9.17) is 0 Å². The van der Waals surface area contributed by atoms with Gasteiger partial charge >= 0.3 is 0 Å².